The lowest BCUT2D eigenvalue weighted by Crippen LogP contribution is -2.37. The van der Waals surface area contributed by atoms with E-state index in [4.69, 9.17) is 14.2 Å². The van der Waals surface area contributed by atoms with Crippen molar-refractivity contribution in [1.82, 2.24) is 10.2 Å². The van der Waals surface area contributed by atoms with Gasteiger partial charge in [-0.3, -0.25) is 9.59 Å². The molecule has 222 valence electrons. The van der Waals surface area contributed by atoms with Crippen molar-refractivity contribution in [3.05, 3.63) is 40.8 Å². The number of hydrogen-bond donors (Lipinski definition) is 1. The highest BCUT2D eigenvalue weighted by Gasteiger charge is 2.23. The van der Waals surface area contributed by atoms with Gasteiger partial charge in [0.25, 0.3) is 0 Å². The molecule has 9 nitrogen and oxygen atoms in total. The van der Waals surface area contributed by atoms with Gasteiger partial charge in [-0.05, 0) is 68.0 Å². The number of carbonyl (C=O) groups excluding carboxylic acids is 2. The molecule has 1 saturated heterocycles. The first-order valence-corrected chi connectivity index (χ1v) is 15.1. The average molecular weight is 583 g/mol. The largest absolute Gasteiger partial charge is 0.493 e. The zero-order valence-corrected chi connectivity index (χ0v) is 25.4. The van der Waals surface area contributed by atoms with E-state index >= 15 is 0 Å². The average Bonchev–Trinajstić information content (AvgIpc) is 3.47. The standard InChI is InChI=1S/C31H42N4O5S/c1-5-34(6-2)17-7-16-33-29(36)11-13-31(37)40-25-14-18-35(19-15-25)30-12-9-26(41-30)20-24(22-32)23-8-10-27(38-3)28(21-23)39-4/h8-10,12,20-21,25H,5-7,11,13-19H2,1-4H3,(H,33,36). The fourth-order valence-electron chi connectivity index (χ4n) is 4.73. The quantitative estimate of drug-likeness (QED) is 0.178. The fourth-order valence-corrected chi connectivity index (χ4v) is 5.73. The molecule has 1 aliphatic rings. The number of ether oxygens (including phenoxy) is 3. The maximum absolute atomic E-state index is 12.3. The Morgan fingerprint density at radius 3 is 2.49 bits per heavy atom. The third-order valence-corrected chi connectivity index (χ3v) is 8.28. The summed E-state index contributed by atoms with van der Waals surface area (Å²) in [6.45, 7) is 9.39. The lowest BCUT2D eigenvalue weighted by atomic mass is 10.1. The van der Waals surface area contributed by atoms with E-state index in [0.29, 0.717) is 23.6 Å². The van der Waals surface area contributed by atoms with E-state index in [1.54, 1.807) is 37.7 Å². The minimum absolute atomic E-state index is 0.101. The number of esters is 1. The van der Waals surface area contributed by atoms with Crippen LogP contribution in [0.25, 0.3) is 11.6 Å². The molecule has 1 N–H and O–H groups in total. The van der Waals surface area contributed by atoms with Gasteiger partial charge in [-0.2, -0.15) is 5.26 Å². The van der Waals surface area contributed by atoms with Crippen LogP contribution in [0.1, 0.15) is 56.4 Å². The molecule has 1 aromatic carbocycles. The van der Waals surface area contributed by atoms with Crippen molar-refractivity contribution in [2.24, 2.45) is 0 Å². The second-order valence-corrected chi connectivity index (χ2v) is 10.9. The summed E-state index contributed by atoms with van der Waals surface area (Å²) in [5.41, 5.74) is 1.30. The van der Waals surface area contributed by atoms with Crippen molar-refractivity contribution in [2.45, 2.75) is 52.1 Å². The lowest BCUT2D eigenvalue weighted by Gasteiger charge is -2.32. The van der Waals surface area contributed by atoms with Crippen LogP contribution >= 0.6 is 11.3 Å². The number of thiophene rings is 1. The maximum atomic E-state index is 12.3. The minimum Gasteiger partial charge on any atom is -0.493 e. The first kappa shape index (κ1) is 32.0. The number of nitrogens with zero attached hydrogens (tertiary/aromatic N) is 3. The summed E-state index contributed by atoms with van der Waals surface area (Å²) in [5, 5.41) is 13.8. The molecule has 1 amide bonds. The van der Waals surface area contributed by atoms with Gasteiger partial charge in [0.2, 0.25) is 5.91 Å². The molecule has 2 aromatic rings. The van der Waals surface area contributed by atoms with Crippen LogP contribution in [0, 0.1) is 11.3 Å². The summed E-state index contributed by atoms with van der Waals surface area (Å²) >= 11 is 1.62. The zero-order chi connectivity index (χ0) is 29.6. The third kappa shape index (κ3) is 9.80. The van der Waals surface area contributed by atoms with Gasteiger partial charge in [0.15, 0.2) is 11.5 Å². The number of allylic oxidation sites excluding steroid dienone is 1. The van der Waals surface area contributed by atoms with E-state index in [-0.39, 0.29) is 30.8 Å². The first-order valence-electron chi connectivity index (χ1n) is 14.3. The van der Waals surface area contributed by atoms with E-state index < -0.39 is 0 Å². The number of anilines is 1. The molecule has 0 aliphatic carbocycles. The Balaban J connectivity index is 1.42. The van der Waals surface area contributed by atoms with E-state index in [0.717, 1.165) is 67.4 Å². The maximum Gasteiger partial charge on any atom is 0.306 e. The Morgan fingerprint density at radius 2 is 1.83 bits per heavy atom. The highest BCUT2D eigenvalue weighted by molar-refractivity contribution is 7.17. The Labute approximate surface area is 247 Å². The van der Waals surface area contributed by atoms with E-state index in [1.807, 2.05) is 18.2 Å². The Hall–Kier alpha value is -3.55. The summed E-state index contributed by atoms with van der Waals surface area (Å²) in [5.74, 6) is 0.767. The van der Waals surface area contributed by atoms with Crippen molar-refractivity contribution in [2.75, 3.05) is 58.4 Å². The molecule has 0 saturated carbocycles. The monoisotopic (exact) mass is 582 g/mol. The molecule has 0 radical (unpaired) electrons. The summed E-state index contributed by atoms with van der Waals surface area (Å²) in [6, 6.07) is 11.8. The van der Waals surface area contributed by atoms with Crippen LogP contribution < -0.4 is 19.7 Å². The number of piperidine rings is 1. The summed E-state index contributed by atoms with van der Waals surface area (Å²) in [6.07, 6.45) is 4.38. The molecule has 41 heavy (non-hydrogen) atoms. The predicted octanol–water partition coefficient (Wildman–Crippen LogP) is 4.97. The number of nitrogens with one attached hydrogen (secondary N) is 1. The molecular formula is C31H42N4O5S. The van der Waals surface area contributed by atoms with Crippen LogP contribution in [0.4, 0.5) is 5.00 Å². The Kier molecular flexibility index (Phi) is 13.0. The van der Waals surface area contributed by atoms with Gasteiger partial charge in [0, 0.05) is 43.8 Å². The predicted molar refractivity (Wildman–Crippen MR) is 163 cm³/mol. The van der Waals surface area contributed by atoms with Crippen molar-refractivity contribution in [1.29, 1.82) is 5.26 Å². The van der Waals surface area contributed by atoms with Crippen molar-refractivity contribution < 1.29 is 23.8 Å². The smallest absolute Gasteiger partial charge is 0.306 e. The molecule has 2 heterocycles. The number of carbonyl (C=O) groups is 2. The molecule has 0 bridgehead atoms. The number of benzene rings is 1. The minimum atomic E-state index is -0.315. The van der Waals surface area contributed by atoms with Crippen molar-refractivity contribution >= 4 is 39.9 Å². The lowest BCUT2D eigenvalue weighted by molar-refractivity contribution is -0.151. The van der Waals surface area contributed by atoms with Gasteiger partial charge in [-0.25, -0.2) is 0 Å². The second kappa shape index (κ2) is 16.7. The molecule has 1 fully saturated rings. The van der Waals surface area contributed by atoms with Crippen LogP contribution in [-0.2, 0) is 14.3 Å². The highest BCUT2D eigenvalue weighted by Crippen LogP contribution is 2.34. The van der Waals surface area contributed by atoms with Gasteiger partial charge < -0.3 is 29.3 Å². The number of amides is 1. The molecule has 10 heteroatoms. The Morgan fingerprint density at radius 1 is 1.10 bits per heavy atom. The number of rotatable bonds is 15. The van der Waals surface area contributed by atoms with Gasteiger partial charge in [-0.15, -0.1) is 11.3 Å². The second-order valence-electron chi connectivity index (χ2n) is 9.82. The van der Waals surface area contributed by atoms with Gasteiger partial charge in [0.05, 0.1) is 37.3 Å². The zero-order valence-electron chi connectivity index (χ0n) is 24.6. The van der Waals surface area contributed by atoms with Crippen LogP contribution in [0.2, 0.25) is 0 Å². The van der Waals surface area contributed by atoms with Gasteiger partial charge >= 0.3 is 5.97 Å². The SMILES string of the molecule is CCN(CC)CCCNC(=O)CCC(=O)OC1CCN(c2ccc(C=C(C#N)c3ccc(OC)c(OC)c3)s2)CC1. The van der Waals surface area contributed by atoms with Crippen molar-refractivity contribution in [3.63, 3.8) is 0 Å². The van der Waals surface area contributed by atoms with Crippen LogP contribution in [0.5, 0.6) is 11.5 Å². The molecule has 1 aliphatic heterocycles. The number of methoxy groups -OCH3 is 2. The fraction of sp³-hybridized carbons (Fsp3) is 0.516. The molecule has 1 aromatic heterocycles. The topological polar surface area (TPSA) is 104 Å². The normalized spacial score (nSPS) is 14.0. The van der Waals surface area contributed by atoms with E-state index in [9.17, 15) is 14.9 Å². The molecular weight excluding hydrogens is 540 g/mol. The number of nitriles is 1. The van der Waals surface area contributed by atoms with E-state index in [1.165, 1.54) is 0 Å². The van der Waals surface area contributed by atoms with Crippen LogP contribution in [0.15, 0.2) is 30.3 Å². The molecule has 0 spiro atoms. The summed E-state index contributed by atoms with van der Waals surface area (Å²) < 4.78 is 16.3. The van der Waals surface area contributed by atoms with Gasteiger partial charge in [0.1, 0.15) is 6.10 Å². The van der Waals surface area contributed by atoms with Gasteiger partial charge in [-0.1, -0.05) is 13.8 Å². The Bertz CT molecular complexity index is 1210. The van der Waals surface area contributed by atoms with Crippen LogP contribution in [-0.4, -0.2) is 76.4 Å². The molecule has 0 unspecified atom stereocenters. The summed E-state index contributed by atoms with van der Waals surface area (Å²) in [4.78, 5) is 30.0. The van der Waals surface area contributed by atoms with Crippen LogP contribution in [0.3, 0.4) is 0 Å². The third-order valence-electron chi connectivity index (χ3n) is 7.19. The van der Waals surface area contributed by atoms with E-state index in [2.05, 4.69) is 41.1 Å². The molecule has 0 atom stereocenters. The van der Waals surface area contributed by atoms with Crippen molar-refractivity contribution in [3.8, 4) is 17.6 Å². The first-order chi connectivity index (χ1) is 19.9. The summed E-state index contributed by atoms with van der Waals surface area (Å²) in [7, 11) is 3.15. The number of hydrogen-bond acceptors (Lipinski definition) is 9. The highest BCUT2D eigenvalue weighted by atomic mass is 32.1. The molecule has 3 rings (SSSR count).